The van der Waals surface area contributed by atoms with E-state index in [0.29, 0.717) is 26.6 Å². The molecule has 4 heteroatoms. The lowest BCUT2D eigenvalue weighted by Crippen LogP contribution is -2.30. The molecule has 1 aliphatic rings. The van der Waals surface area contributed by atoms with E-state index in [0.717, 1.165) is 4.74 Å². The molecular weight excluding hydrogens is 146 g/mol. The minimum Gasteiger partial charge on any atom is -0.624 e. The molecule has 1 saturated heterocycles. The highest BCUT2D eigenvalue weighted by atomic mass is 16.7. The summed E-state index contributed by atoms with van der Waals surface area (Å²) in [6.45, 7) is 3.82. The Kier molecular flexibility index (Phi) is 3.32. The Balaban J connectivity index is 2.24. The summed E-state index contributed by atoms with van der Waals surface area (Å²) in [4.78, 5) is 0. The second kappa shape index (κ2) is 4.31. The van der Waals surface area contributed by atoms with E-state index in [4.69, 9.17) is 9.47 Å². The first-order chi connectivity index (χ1) is 5.33. The minimum absolute atomic E-state index is 0.220. The van der Waals surface area contributed by atoms with Gasteiger partial charge in [-0.15, -0.1) is 0 Å². The zero-order valence-electron chi connectivity index (χ0n) is 6.66. The summed E-state index contributed by atoms with van der Waals surface area (Å²) in [5, 5.41) is 10.8. The van der Waals surface area contributed by atoms with Crippen LogP contribution in [0.15, 0.2) is 0 Å². The van der Waals surface area contributed by atoms with Crippen molar-refractivity contribution in [3.05, 3.63) is 5.21 Å². The van der Waals surface area contributed by atoms with E-state index in [1.165, 1.54) is 6.21 Å². The van der Waals surface area contributed by atoms with E-state index in [-0.39, 0.29) is 5.92 Å². The molecule has 11 heavy (non-hydrogen) atoms. The van der Waals surface area contributed by atoms with Gasteiger partial charge >= 0.3 is 0 Å². The van der Waals surface area contributed by atoms with Crippen LogP contribution in [0.4, 0.5) is 0 Å². The molecule has 0 aromatic rings. The van der Waals surface area contributed by atoms with Crippen LogP contribution in [0.1, 0.15) is 6.92 Å². The highest BCUT2D eigenvalue weighted by Crippen LogP contribution is 2.04. The quantitative estimate of drug-likeness (QED) is 0.250. The van der Waals surface area contributed by atoms with Gasteiger partial charge in [-0.3, -0.25) is 0 Å². The van der Waals surface area contributed by atoms with Crippen molar-refractivity contribution in [1.82, 2.24) is 0 Å². The van der Waals surface area contributed by atoms with Crippen molar-refractivity contribution in [2.24, 2.45) is 5.92 Å². The molecule has 4 nitrogen and oxygen atoms in total. The molecule has 0 aliphatic carbocycles. The SMILES string of the molecule is C/C=[N+](\[O-])CC1COCOC1. The van der Waals surface area contributed by atoms with Crippen molar-refractivity contribution < 1.29 is 14.2 Å². The molecule has 1 fully saturated rings. The van der Waals surface area contributed by atoms with E-state index in [1.54, 1.807) is 6.92 Å². The molecule has 0 unspecified atom stereocenters. The molecule has 64 valence electrons. The Bertz CT molecular complexity index is 141. The Hall–Kier alpha value is -0.610. The Labute approximate surface area is 66.0 Å². The smallest absolute Gasteiger partial charge is 0.160 e. The summed E-state index contributed by atoms with van der Waals surface area (Å²) in [7, 11) is 0. The third-order valence-corrected chi connectivity index (χ3v) is 1.60. The van der Waals surface area contributed by atoms with Gasteiger partial charge in [-0.05, 0) is 0 Å². The fourth-order valence-electron chi connectivity index (χ4n) is 1.00. The third-order valence-electron chi connectivity index (χ3n) is 1.60. The van der Waals surface area contributed by atoms with Crippen LogP contribution in [0, 0.1) is 11.1 Å². The van der Waals surface area contributed by atoms with E-state index >= 15 is 0 Å². The summed E-state index contributed by atoms with van der Waals surface area (Å²) in [5.74, 6) is 0.220. The van der Waals surface area contributed by atoms with Gasteiger partial charge in [0.25, 0.3) is 0 Å². The van der Waals surface area contributed by atoms with Gasteiger partial charge in [0.05, 0.1) is 19.1 Å². The zero-order chi connectivity index (χ0) is 8.10. The zero-order valence-corrected chi connectivity index (χ0v) is 6.66. The molecule has 0 spiro atoms. The van der Waals surface area contributed by atoms with Crippen LogP contribution in [0.3, 0.4) is 0 Å². The third kappa shape index (κ3) is 2.86. The fraction of sp³-hybridized carbons (Fsp3) is 0.857. The van der Waals surface area contributed by atoms with E-state index < -0.39 is 0 Å². The molecule has 0 aromatic carbocycles. The van der Waals surface area contributed by atoms with Crippen LogP contribution in [0.5, 0.6) is 0 Å². The van der Waals surface area contributed by atoms with Gasteiger partial charge < -0.3 is 14.7 Å². The maximum Gasteiger partial charge on any atom is 0.160 e. The monoisotopic (exact) mass is 159 g/mol. The normalized spacial score (nSPS) is 22.1. The molecule has 1 rings (SSSR count). The van der Waals surface area contributed by atoms with Crippen molar-refractivity contribution in [3.8, 4) is 0 Å². The number of ether oxygens (including phenoxy) is 2. The largest absolute Gasteiger partial charge is 0.624 e. The topological polar surface area (TPSA) is 44.5 Å². The Morgan fingerprint density at radius 1 is 1.55 bits per heavy atom. The Morgan fingerprint density at radius 3 is 2.73 bits per heavy atom. The first-order valence-electron chi connectivity index (χ1n) is 3.71. The van der Waals surface area contributed by atoms with Gasteiger partial charge in [0, 0.05) is 6.92 Å². The number of hydrogen-bond donors (Lipinski definition) is 0. The van der Waals surface area contributed by atoms with Crippen molar-refractivity contribution >= 4 is 6.21 Å². The van der Waals surface area contributed by atoms with Gasteiger partial charge in [0.1, 0.15) is 13.0 Å². The van der Waals surface area contributed by atoms with E-state index in [9.17, 15) is 5.21 Å². The average Bonchev–Trinajstić information content (AvgIpc) is 2.06. The number of nitrogens with zero attached hydrogens (tertiary/aromatic N) is 1. The van der Waals surface area contributed by atoms with Crippen LogP contribution in [-0.4, -0.2) is 37.5 Å². The highest BCUT2D eigenvalue weighted by molar-refractivity contribution is 5.46. The lowest BCUT2D eigenvalue weighted by Gasteiger charge is -2.20. The molecule has 1 aliphatic heterocycles. The predicted molar refractivity (Wildman–Crippen MR) is 40.5 cm³/mol. The molecular formula is C7H13NO3. The molecule has 0 saturated carbocycles. The lowest BCUT2D eigenvalue weighted by atomic mass is 10.2. The molecule has 0 atom stereocenters. The van der Waals surface area contributed by atoms with Crippen molar-refractivity contribution in [1.29, 1.82) is 0 Å². The first kappa shape index (κ1) is 8.49. The molecule has 0 radical (unpaired) electrons. The highest BCUT2D eigenvalue weighted by Gasteiger charge is 2.17. The Morgan fingerprint density at radius 2 is 2.18 bits per heavy atom. The maximum absolute atomic E-state index is 10.8. The molecule has 0 bridgehead atoms. The van der Waals surface area contributed by atoms with E-state index in [2.05, 4.69) is 0 Å². The average molecular weight is 159 g/mol. The molecule has 1 heterocycles. The lowest BCUT2D eigenvalue weighted by molar-refractivity contribution is -0.466. The molecule has 0 amide bonds. The molecule has 0 N–H and O–H groups in total. The first-order valence-corrected chi connectivity index (χ1v) is 3.71. The number of rotatable bonds is 2. The maximum atomic E-state index is 10.8. The predicted octanol–water partition coefficient (Wildman–Crippen LogP) is 0.208. The summed E-state index contributed by atoms with van der Waals surface area (Å²) >= 11 is 0. The van der Waals surface area contributed by atoms with Gasteiger partial charge in [-0.1, -0.05) is 0 Å². The summed E-state index contributed by atoms with van der Waals surface area (Å²) in [6, 6.07) is 0. The minimum atomic E-state index is 0.220. The summed E-state index contributed by atoms with van der Waals surface area (Å²) in [5.41, 5.74) is 0. The van der Waals surface area contributed by atoms with Crippen molar-refractivity contribution in [2.45, 2.75) is 6.92 Å². The fourth-order valence-corrected chi connectivity index (χ4v) is 1.00. The number of hydrogen-bond acceptors (Lipinski definition) is 3. The van der Waals surface area contributed by atoms with Crippen molar-refractivity contribution in [2.75, 3.05) is 26.6 Å². The van der Waals surface area contributed by atoms with Crippen LogP contribution in [0.25, 0.3) is 0 Å². The van der Waals surface area contributed by atoms with Crippen LogP contribution >= 0.6 is 0 Å². The van der Waals surface area contributed by atoms with Gasteiger partial charge in [0.2, 0.25) is 0 Å². The van der Waals surface area contributed by atoms with Crippen LogP contribution < -0.4 is 0 Å². The van der Waals surface area contributed by atoms with Gasteiger partial charge in [-0.25, -0.2) is 4.74 Å². The number of hydroxylamine groups is 1. The molecule has 0 aromatic heterocycles. The second-order valence-electron chi connectivity index (χ2n) is 2.58. The van der Waals surface area contributed by atoms with Crippen molar-refractivity contribution in [3.63, 3.8) is 0 Å². The van der Waals surface area contributed by atoms with E-state index in [1.807, 2.05) is 0 Å². The van der Waals surface area contributed by atoms with Gasteiger partial charge in [-0.2, -0.15) is 0 Å². The van der Waals surface area contributed by atoms with Crippen LogP contribution in [0.2, 0.25) is 0 Å². The summed E-state index contributed by atoms with van der Waals surface area (Å²) < 4.78 is 11.0. The summed E-state index contributed by atoms with van der Waals surface area (Å²) in [6.07, 6.45) is 1.51. The van der Waals surface area contributed by atoms with Crippen LogP contribution in [-0.2, 0) is 9.47 Å². The standard InChI is InChI=1S/C7H13NO3/c1-2-8(9)3-7-4-10-6-11-5-7/h2,7H,3-6H2,1H3/b8-2-. The van der Waals surface area contributed by atoms with Gasteiger partial charge in [0.15, 0.2) is 6.54 Å². The second-order valence-corrected chi connectivity index (χ2v) is 2.58.